The molecular weight excluding hydrogens is 447 g/mol. The first kappa shape index (κ1) is 23.2. The zero-order valence-corrected chi connectivity index (χ0v) is 19.6. The molecule has 0 saturated heterocycles. The van der Waals surface area contributed by atoms with Gasteiger partial charge in [0.1, 0.15) is 29.5 Å². The molecule has 1 fully saturated rings. The largest absolute Gasteiger partial charge is 0.496 e. The van der Waals surface area contributed by atoms with Crippen molar-refractivity contribution >= 4 is 37.8 Å². The van der Waals surface area contributed by atoms with Gasteiger partial charge in [-0.05, 0) is 43.9 Å². The molecular formula is C23H27FN4O4S. The van der Waals surface area contributed by atoms with Crippen molar-refractivity contribution in [2.45, 2.75) is 37.9 Å². The molecule has 0 atom stereocenters. The number of ether oxygens (including phenoxy) is 2. The van der Waals surface area contributed by atoms with E-state index in [1.54, 1.807) is 30.7 Å². The zero-order chi connectivity index (χ0) is 23.6. The molecule has 1 saturated carbocycles. The lowest BCUT2D eigenvalue weighted by atomic mass is 9.95. The van der Waals surface area contributed by atoms with Crippen molar-refractivity contribution in [2.75, 3.05) is 24.9 Å². The average molecular weight is 475 g/mol. The molecule has 33 heavy (non-hydrogen) atoms. The molecule has 0 bridgehead atoms. The SMILES string of the molecule is COc1cc(N=S(C)(C)=O)cc2ncnc(Nc3ccc(F)cc3O[C@H]3CC[C@H](O)CC3)c12. The Morgan fingerprint density at radius 1 is 1.12 bits per heavy atom. The van der Waals surface area contributed by atoms with Gasteiger partial charge >= 0.3 is 0 Å². The van der Waals surface area contributed by atoms with Crippen molar-refractivity contribution in [3.8, 4) is 11.5 Å². The average Bonchev–Trinajstić information content (AvgIpc) is 2.75. The summed E-state index contributed by atoms with van der Waals surface area (Å²) in [7, 11) is -0.842. The van der Waals surface area contributed by atoms with Crippen LogP contribution in [0.4, 0.5) is 21.6 Å². The van der Waals surface area contributed by atoms with E-state index in [-0.39, 0.29) is 12.2 Å². The number of aliphatic hydroxyl groups excluding tert-OH is 1. The third-order valence-corrected chi connectivity index (χ3v) is 6.02. The van der Waals surface area contributed by atoms with Crippen LogP contribution in [0.3, 0.4) is 0 Å². The maximum absolute atomic E-state index is 14.0. The third-order valence-electron chi connectivity index (χ3n) is 5.37. The molecule has 176 valence electrons. The molecule has 0 spiro atoms. The first-order chi connectivity index (χ1) is 15.7. The Balaban J connectivity index is 1.71. The standard InChI is InChI=1S/C23H27FN4O4S/c1-31-21-12-15(28-33(2,3)30)11-19-22(21)23(26-13-25-19)27-18-9-4-14(24)10-20(18)32-17-7-5-16(29)6-8-17/h4,9-13,16-17,29H,5-8H2,1-3H3,(H,25,26,27)/t16-,17-. The van der Waals surface area contributed by atoms with Gasteiger partial charge in [-0.2, -0.15) is 4.36 Å². The summed E-state index contributed by atoms with van der Waals surface area (Å²) in [6.07, 6.45) is 6.82. The van der Waals surface area contributed by atoms with Crippen LogP contribution in [0.1, 0.15) is 25.7 Å². The second kappa shape index (κ2) is 9.48. The number of fused-ring (bicyclic) bond motifs is 1. The summed E-state index contributed by atoms with van der Waals surface area (Å²) in [6, 6.07) is 7.67. The van der Waals surface area contributed by atoms with E-state index in [9.17, 15) is 13.7 Å². The molecule has 0 radical (unpaired) electrons. The number of benzene rings is 2. The quantitative estimate of drug-likeness (QED) is 0.539. The maximum atomic E-state index is 14.0. The van der Waals surface area contributed by atoms with Crippen LogP contribution in [0.5, 0.6) is 11.5 Å². The second-order valence-corrected chi connectivity index (χ2v) is 10.9. The van der Waals surface area contributed by atoms with Gasteiger partial charge < -0.3 is 19.9 Å². The Kier molecular flexibility index (Phi) is 6.66. The van der Waals surface area contributed by atoms with Crippen LogP contribution in [0.2, 0.25) is 0 Å². The predicted octanol–water partition coefficient (Wildman–Crippen LogP) is 4.56. The van der Waals surface area contributed by atoms with Crippen molar-refractivity contribution in [3.05, 3.63) is 42.5 Å². The van der Waals surface area contributed by atoms with Crippen LogP contribution < -0.4 is 14.8 Å². The molecule has 4 rings (SSSR count). The van der Waals surface area contributed by atoms with Gasteiger partial charge in [0, 0.05) is 34.4 Å². The third kappa shape index (κ3) is 5.69. The number of anilines is 2. The number of aliphatic hydroxyl groups is 1. The molecule has 2 N–H and O–H groups in total. The van der Waals surface area contributed by atoms with E-state index in [2.05, 4.69) is 19.6 Å². The monoisotopic (exact) mass is 474 g/mol. The number of nitrogens with zero attached hydrogens (tertiary/aromatic N) is 3. The fourth-order valence-corrected chi connectivity index (χ4v) is 4.48. The van der Waals surface area contributed by atoms with Gasteiger partial charge in [0.25, 0.3) is 0 Å². The van der Waals surface area contributed by atoms with Crippen LogP contribution >= 0.6 is 0 Å². The number of aromatic nitrogens is 2. The minimum absolute atomic E-state index is 0.102. The topological polar surface area (TPSA) is 106 Å². The van der Waals surface area contributed by atoms with E-state index in [0.717, 1.165) is 0 Å². The molecule has 0 unspecified atom stereocenters. The van der Waals surface area contributed by atoms with E-state index in [0.29, 0.717) is 65.3 Å². The number of halogens is 1. The van der Waals surface area contributed by atoms with E-state index in [4.69, 9.17) is 9.47 Å². The molecule has 1 aliphatic carbocycles. The highest BCUT2D eigenvalue weighted by atomic mass is 32.2. The summed E-state index contributed by atoms with van der Waals surface area (Å²) in [6.45, 7) is 0. The van der Waals surface area contributed by atoms with Gasteiger partial charge in [0.15, 0.2) is 0 Å². The van der Waals surface area contributed by atoms with E-state index in [1.165, 1.54) is 25.6 Å². The van der Waals surface area contributed by atoms with Gasteiger partial charge in [0.2, 0.25) is 0 Å². The predicted molar refractivity (Wildman–Crippen MR) is 127 cm³/mol. The van der Waals surface area contributed by atoms with Crippen LogP contribution in [-0.2, 0) is 9.73 Å². The van der Waals surface area contributed by atoms with Crippen molar-refractivity contribution in [2.24, 2.45) is 4.36 Å². The Hall–Kier alpha value is -2.98. The molecule has 10 heteroatoms. The van der Waals surface area contributed by atoms with Crippen molar-refractivity contribution in [3.63, 3.8) is 0 Å². The summed E-state index contributed by atoms with van der Waals surface area (Å²) in [5, 5.41) is 13.6. The summed E-state index contributed by atoms with van der Waals surface area (Å²) < 4.78 is 42.1. The maximum Gasteiger partial charge on any atom is 0.146 e. The Bertz CT molecular complexity index is 1280. The highest BCUT2D eigenvalue weighted by Crippen LogP contribution is 2.38. The molecule has 1 aliphatic rings. The van der Waals surface area contributed by atoms with E-state index >= 15 is 0 Å². The lowest BCUT2D eigenvalue weighted by molar-refractivity contribution is 0.0668. The van der Waals surface area contributed by atoms with Crippen LogP contribution in [0.25, 0.3) is 10.9 Å². The van der Waals surface area contributed by atoms with Crippen LogP contribution in [0, 0.1) is 5.82 Å². The highest BCUT2D eigenvalue weighted by molar-refractivity contribution is 7.92. The molecule has 2 aromatic carbocycles. The second-order valence-electron chi connectivity index (χ2n) is 8.35. The molecule has 3 aromatic rings. The minimum atomic E-state index is -2.36. The van der Waals surface area contributed by atoms with Crippen molar-refractivity contribution < 1.29 is 23.2 Å². The smallest absolute Gasteiger partial charge is 0.146 e. The van der Waals surface area contributed by atoms with Gasteiger partial charge in [0.05, 0.1) is 41.6 Å². The van der Waals surface area contributed by atoms with Gasteiger partial charge in [-0.25, -0.2) is 18.6 Å². The number of hydrogen-bond donors (Lipinski definition) is 2. The zero-order valence-electron chi connectivity index (χ0n) is 18.7. The number of rotatable bonds is 6. The Labute approximate surface area is 192 Å². The van der Waals surface area contributed by atoms with E-state index in [1.807, 2.05) is 0 Å². The lowest BCUT2D eigenvalue weighted by Crippen LogP contribution is -2.26. The Morgan fingerprint density at radius 2 is 1.88 bits per heavy atom. The van der Waals surface area contributed by atoms with Crippen LogP contribution in [0.15, 0.2) is 41.0 Å². The summed E-state index contributed by atoms with van der Waals surface area (Å²) in [4.78, 5) is 8.68. The van der Waals surface area contributed by atoms with Crippen molar-refractivity contribution in [1.82, 2.24) is 9.97 Å². The molecule has 1 aromatic heterocycles. The Morgan fingerprint density at radius 3 is 2.58 bits per heavy atom. The molecule has 0 aliphatic heterocycles. The fraction of sp³-hybridized carbons (Fsp3) is 0.391. The molecule has 8 nitrogen and oxygen atoms in total. The van der Waals surface area contributed by atoms with Gasteiger partial charge in [-0.3, -0.25) is 0 Å². The number of hydrogen-bond acceptors (Lipinski definition) is 8. The van der Waals surface area contributed by atoms with Crippen LogP contribution in [-0.4, -0.2) is 51.1 Å². The highest BCUT2D eigenvalue weighted by Gasteiger charge is 2.22. The minimum Gasteiger partial charge on any atom is -0.496 e. The number of nitrogens with one attached hydrogen (secondary N) is 1. The first-order valence-electron chi connectivity index (χ1n) is 10.6. The lowest BCUT2D eigenvalue weighted by Gasteiger charge is -2.27. The molecule has 1 heterocycles. The number of methoxy groups -OCH3 is 1. The van der Waals surface area contributed by atoms with Crippen molar-refractivity contribution in [1.29, 1.82) is 0 Å². The summed E-state index contributed by atoms with van der Waals surface area (Å²) in [5.41, 5.74) is 1.59. The van der Waals surface area contributed by atoms with Gasteiger partial charge in [-0.15, -0.1) is 0 Å². The fourth-order valence-electron chi connectivity index (χ4n) is 3.87. The summed E-state index contributed by atoms with van der Waals surface area (Å²) >= 11 is 0. The molecule has 0 amide bonds. The van der Waals surface area contributed by atoms with Gasteiger partial charge in [-0.1, -0.05) is 0 Å². The summed E-state index contributed by atoms with van der Waals surface area (Å²) in [5.74, 6) is 0.868. The van der Waals surface area contributed by atoms with E-state index < -0.39 is 15.5 Å². The normalized spacial score (nSPS) is 18.7. The first-order valence-corrected chi connectivity index (χ1v) is 13.0.